The average molecular weight is 351 g/mol. The summed E-state index contributed by atoms with van der Waals surface area (Å²) in [6.07, 6.45) is 2.76. The fourth-order valence-electron chi connectivity index (χ4n) is 2.91. The topological polar surface area (TPSA) is 63.4 Å². The third-order valence-corrected chi connectivity index (χ3v) is 6.93. The molecule has 1 aromatic rings. The molecule has 1 aliphatic heterocycles. The first-order valence-electron chi connectivity index (χ1n) is 7.00. The van der Waals surface area contributed by atoms with Gasteiger partial charge in [-0.05, 0) is 44.4 Å². The second-order valence-electron chi connectivity index (χ2n) is 5.54. The Hall–Kier alpha value is -0.330. The predicted octanol–water partition coefficient (Wildman–Crippen LogP) is 3.40. The smallest absolute Gasteiger partial charge is 0.245 e. The summed E-state index contributed by atoms with van der Waals surface area (Å²) in [7, 11) is -3.65. The largest absolute Gasteiger partial charge is 0.326 e. The zero-order valence-electron chi connectivity index (χ0n) is 12.1. The standard InChI is InChI=1S/C14H20Cl2N2O2S/c1-9-4-3-5-10(2)18(9)21(19,20)14-6-11(8-17)12(15)7-13(14)16/h6-7,9-10H,3-5,8,17H2,1-2H3/t9-,10+. The van der Waals surface area contributed by atoms with Gasteiger partial charge in [0.05, 0.1) is 5.02 Å². The van der Waals surface area contributed by atoms with Gasteiger partial charge in [-0.1, -0.05) is 29.6 Å². The molecular weight excluding hydrogens is 331 g/mol. The van der Waals surface area contributed by atoms with E-state index in [1.54, 1.807) is 4.31 Å². The van der Waals surface area contributed by atoms with Gasteiger partial charge in [-0.25, -0.2) is 8.42 Å². The molecule has 0 aromatic heterocycles. The first-order chi connectivity index (χ1) is 9.78. The zero-order valence-corrected chi connectivity index (χ0v) is 14.5. The molecule has 4 nitrogen and oxygen atoms in total. The zero-order chi connectivity index (χ0) is 15.8. The van der Waals surface area contributed by atoms with Crippen LogP contribution in [0.3, 0.4) is 0 Å². The van der Waals surface area contributed by atoms with Crippen LogP contribution in [0.25, 0.3) is 0 Å². The van der Waals surface area contributed by atoms with Crippen LogP contribution in [0, 0.1) is 0 Å². The van der Waals surface area contributed by atoms with Crippen molar-refractivity contribution in [1.82, 2.24) is 4.31 Å². The van der Waals surface area contributed by atoms with Crippen LogP contribution >= 0.6 is 23.2 Å². The molecule has 1 aromatic carbocycles. The van der Waals surface area contributed by atoms with Crippen LogP contribution in [0.1, 0.15) is 38.7 Å². The number of sulfonamides is 1. The van der Waals surface area contributed by atoms with E-state index in [1.807, 2.05) is 13.8 Å². The normalized spacial score (nSPS) is 24.2. The van der Waals surface area contributed by atoms with E-state index in [1.165, 1.54) is 12.1 Å². The third-order valence-electron chi connectivity index (χ3n) is 3.99. The number of hydrogen-bond acceptors (Lipinski definition) is 3. The van der Waals surface area contributed by atoms with Gasteiger partial charge in [-0.15, -0.1) is 0 Å². The maximum atomic E-state index is 13.0. The predicted molar refractivity (Wildman–Crippen MR) is 86.2 cm³/mol. The maximum absolute atomic E-state index is 13.0. The summed E-state index contributed by atoms with van der Waals surface area (Å²) in [6.45, 7) is 4.03. The number of benzene rings is 1. The second-order valence-corrected chi connectivity index (χ2v) is 8.17. The highest BCUT2D eigenvalue weighted by molar-refractivity contribution is 7.89. The molecule has 0 aliphatic carbocycles. The summed E-state index contributed by atoms with van der Waals surface area (Å²) in [5.41, 5.74) is 6.19. The van der Waals surface area contributed by atoms with E-state index in [0.717, 1.165) is 19.3 Å². The molecular formula is C14H20Cl2N2O2S. The quantitative estimate of drug-likeness (QED) is 0.908. The number of nitrogens with zero attached hydrogens (tertiary/aromatic N) is 1. The Labute approximate surface area is 136 Å². The molecule has 118 valence electrons. The van der Waals surface area contributed by atoms with Crippen molar-refractivity contribution in [3.63, 3.8) is 0 Å². The first-order valence-corrected chi connectivity index (χ1v) is 9.20. The number of rotatable bonds is 3. The van der Waals surface area contributed by atoms with Crippen LogP contribution in [0.4, 0.5) is 0 Å². The molecule has 2 N–H and O–H groups in total. The monoisotopic (exact) mass is 350 g/mol. The van der Waals surface area contributed by atoms with Gasteiger partial charge in [0.1, 0.15) is 4.90 Å². The van der Waals surface area contributed by atoms with Gasteiger partial charge in [-0.3, -0.25) is 0 Å². The van der Waals surface area contributed by atoms with Crippen LogP contribution in [0.5, 0.6) is 0 Å². The van der Waals surface area contributed by atoms with Gasteiger partial charge in [0.25, 0.3) is 0 Å². The number of hydrogen-bond donors (Lipinski definition) is 1. The molecule has 0 spiro atoms. The van der Waals surface area contributed by atoms with Gasteiger partial charge in [0.2, 0.25) is 10.0 Å². The first kappa shape index (κ1) is 17.0. The highest BCUT2D eigenvalue weighted by Crippen LogP contribution is 2.35. The molecule has 0 radical (unpaired) electrons. The minimum atomic E-state index is -3.65. The highest BCUT2D eigenvalue weighted by Gasteiger charge is 2.37. The van der Waals surface area contributed by atoms with Gasteiger partial charge in [-0.2, -0.15) is 4.31 Å². The van der Waals surface area contributed by atoms with Gasteiger partial charge in [0, 0.05) is 23.7 Å². The van der Waals surface area contributed by atoms with Gasteiger partial charge < -0.3 is 5.73 Å². The second kappa shape index (κ2) is 6.42. The number of halogens is 2. The molecule has 1 heterocycles. The lowest BCUT2D eigenvalue weighted by Gasteiger charge is -2.37. The van der Waals surface area contributed by atoms with Crippen LogP contribution in [-0.4, -0.2) is 24.8 Å². The van der Waals surface area contributed by atoms with Crippen molar-refractivity contribution in [2.45, 2.75) is 56.6 Å². The van der Waals surface area contributed by atoms with E-state index < -0.39 is 10.0 Å². The Kier molecular flexibility index (Phi) is 5.21. The molecule has 0 amide bonds. The third kappa shape index (κ3) is 3.22. The highest BCUT2D eigenvalue weighted by atomic mass is 35.5. The van der Waals surface area contributed by atoms with Crippen molar-refractivity contribution in [2.24, 2.45) is 5.73 Å². The fourth-order valence-corrected chi connectivity index (χ4v) is 5.65. The van der Waals surface area contributed by atoms with Crippen molar-refractivity contribution in [2.75, 3.05) is 0 Å². The molecule has 0 bridgehead atoms. The molecule has 2 rings (SSSR count). The Bertz CT molecular complexity index is 624. The summed E-state index contributed by atoms with van der Waals surface area (Å²) >= 11 is 12.1. The van der Waals surface area contributed by atoms with E-state index in [9.17, 15) is 8.42 Å². The molecule has 2 atom stereocenters. The lowest BCUT2D eigenvalue weighted by atomic mass is 10.0. The van der Waals surface area contributed by atoms with Crippen molar-refractivity contribution in [3.05, 3.63) is 27.7 Å². The van der Waals surface area contributed by atoms with E-state index in [0.29, 0.717) is 10.6 Å². The van der Waals surface area contributed by atoms with Crippen LogP contribution in [0.2, 0.25) is 10.0 Å². The number of piperidine rings is 1. The molecule has 0 saturated carbocycles. The van der Waals surface area contributed by atoms with E-state index in [2.05, 4.69) is 0 Å². The summed E-state index contributed by atoms with van der Waals surface area (Å²) in [5.74, 6) is 0. The van der Waals surface area contributed by atoms with Crippen molar-refractivity contribution in [1.29, 1.82) is 0 Å². The van der Waals surface area contributed by atoms with E-state index >= 15 is 0 Å². The molecule has 1 aliphatic rings. The molecule has 7 heteroatoms. The van der Waals surface area contributed by atoms with Gasteiger partial charge >= 0.3 is 0 Å². The Morgan fingerprint density at radius 2 is 1.76 bits per heavy atom. The molecule has 0 unspecified atom stereocenters. The Morgan fingerprint density at radius 1 is 1.19 bits per heavy atom. The van der Waals surface area contributed by atoms with Gasteiger partial charge in [0.15, 0.2) is 0 Å². The summed E-state index contributed by atoms with van der Waals surface area (Å²) in [6, 6.07) is 2.88. The summed E-state index contributed by atoms with van der Waals surface area (Å²) in [4.78, 5) is 0.0922. The van der Waals surface area contributed by atoms with Crippen molar-refractivity contribution < 1.29 is 8.42 Å². The summed E-state index contributed by atoms with van der Waals surface area (Å²) < 4.78 is 27.5. The van der Waals surface area contributed by atoms with E-state index in [4.69, 9.17) is 28.9 Å². The average Bonchev–Trinajstić information content (AvgIpc) is 2.38. The maximum Gasteiger partial charge on any atom is 0.245 e. The van der Waals surface area contributed by atoms with Crippen molar-refractivity contribution >= 4 is 33.2 Å². The molecule has 1 saturated heterocycles. The Balaban J connectivity index is 2.53. The minimum Gasteiger partial charge on any atom is -0.326 e. The SMILES string of the molecule is C[C@@H]1CCC[C@H](C)N1S(=O)(=O)c1cc(CN)c(Cl)cc1Cl. The molecule has 21 heavy (non-hydrogen) atoms. The molecule has 1 fully saturated rings. The van der Waals surface area contributed by atoms with Crippen LogP contribution in [0.15, 0.2) is 17.0 Å². The number of nitrogens with two attached hydrogens (primary N) is 1. The van der Waals surface area contributed by atoms with Crippen LogP contribution in [-0.2, 0) is 16.6 Å². The fraction of sp³-hybridized carbons (Fsp3) is 0.571. The van der Waals surface area contributed by atoms with Crippen LogP contribution < -0.4 is 5.73 Å². The lowest BCUT2D eigenvalue weighted by Crippen LogP contribution is -2.47. The Morgan fingerprint density at radius 3 is 2.29 bits per heavy atom. The summed E-state index contributed by atoms with van der Waals surface area (Å²) in [5, 5.41) is 0.531. The minimum absolute atomic E-state index is 0.0354. The van der Waals surface area contributed by atoms with Crippen molar-refractivity contribution in [3.8, 4) is 0 Å². The lowest BCUT2D eigenvalue weighted by molar-refractivity contribution is 0.204. The van der Waals surface area contributed by atoms with E-state index in [-0.39, 0.29) is 28.5 Å².